The molecule has 1 atom stereocenters. The molecule has 18 heavy (non-hydrogen) atoms. The molecular weight excluding hydrogens is 228 g/mol. The molecule has 0 bridgehead atoms. The molecule has 0 fully saturated rings. The molecule has 0 radical (unpaired) electrons. The van der Waals surface area contributed by atoms with Crippen molar-refractivity contribution in [3.8, 4) is 5.75 Å². The highest BCUT2D eigenvalue weighted by Gasteiger charge is 2.12. The van der Waals surface area contributed by atoms with E-state index < -0.39 is 5.91 Å². The van der Waals surface area contributed by atoms with Gasteiger partial charge in [-0.25, -0.2) is 0 Å². The number of benzene rings is 2. The van der Waals surface area contributed by atoms with Gasteiger partial charge in [-0.15, -0.1) is 0 Å². The van der Waals surface area contributed by atoms with Gasteiger partial charge in [0.05, 0.1) is 0 Å². The summed E-state index contributed by atoms with van der Waals surface area (Å²) in [6.07, 6.45) is 0. The maximum atomic E-state index is 10.9. The van der Waals surface area contributed by atoms with Crippen LogP contribution in [0.25, 0.3) is 10.8 Å². The van der Waals surface area contributed by atoms with Gasteiger partial charge >= 0.3 is 0 Å². The first-order chi connectivity index (χ1) is 8.59. The second kappa shape index (κ2) is 5.06. The normalized spacial score (nSPS) is 12.3. The molecule has 4 nitrogen and oxygen atoms in total. The van der Waals surface area contributed by atoms with E-state index in [0.29, 0.717) is 5.75 Å². The van der Waals surface area contributed by atoms with Crippen LogP contribution in [0, 0.1) is 0 Å². The van der Waals surface area contributed by atoms with Crippen molar-refractivity contribution in [3.05, 3.63) is 42.0 Å². The second-order valence-electron chi connectivity index (χ2n) is 4.25. The molecule has 0 heterocycles. The van der Waals surface area contributed by atoms with Crippen molar-refractivity contribution in [3.63, 3.8) is 0 Å². The van der Waals surface area contributed by atoms with Crippen molar-refractivity contribution >= 4 is 16.7 Å². The van der Waals surface area contributed by atoms with Gasteiger partial charge in [0.2, 0.25) is 0 Å². The van der Waals surface area contributed by atoms with Crippen LogP contribution in [-0.4, -0.2) is 12.5 Å². The van der Waals surface area contributed by atoms with Crippen LogP contribution in [0.3, 0.4) is 0 Å². The molecule has 0 aliphatic heterocycles. The fourth-order valence-electron chi connectivity index (χ4n) is 1.92. The van der Waals surface area contributed by atoms with Gasteiger partial charge in [-0.3, -0.25) is 4.79 Å². The number of nitrogens with two attached hydrogens (primary N) is 2. The molecule has 0 aromatic heterocycles. The number of carbonyl (C=O) groups is 1. The Bertz CT molecular complexity index is 579. The van der Waals surface area contributed by atoms with Crippen LogP contribution in [0.2, 0.25) is 0 Å². The average Bonchev–Trinajstić information content (AvgIpc) is 2.35. The van der Waals surface area contributed by atoms with E-state index in [9.17, 15) is 4.79 Å². The Balaban J connectivity index is 2.55. The largest absolute Gasteiger partial charge is 0.483 e. The Labute approximate surface area is 106 Å². The summed E-state index contributed by atoms with van der Waals surface area (Å²) in [6, 6.07) is 11.5. The van der Waals surface area contributed by atoms with Crippen molar-refractivity contribution < 1.29 is 9.53 Å². The van der Waals surface area contributed by atoms with Crippen molar-refractivity contribution in [1.82, 2.24) is 0 Å². The molecule has 0 aliphatic rings. The molecule has 94 valence electrons. The highest BCUT2D eigenvalue weighted by molar-refractivity contribution is 5.90. The Morgan fingerprint density at radius 1 is 1.28 bits per heavy atom. The molecule has 0 saturated heterocycles. The van der Waals surface area contributed by atoms with E-state index in [2.05, 4.69) is 0 Å². The number of hydrogen-bond donors (Lipinski definition) is 2. The minimum atomic E-state index is -0.501. The second-order valence-corrected chi connectivity index (χ2v) is 4.25. The minimum absolute atomic E-state index is 0.145. The molecular formula is C14H16N2O2. The first-order valence-electron chi connectivity index (χ1n) is 5.78. The van der Waals surface area contributed by atoms with Crippen LogP contribution in [0.15, 0.2) is 36.4 Å². The Morgan fingerprint density at radius 3 is 2.67 bits per heavy atom. The molecule has 0 saturated carbocycles. The highest BCUT2D eigenvalue weighted by atomic mass is 16.5. The van der Waals surface area contributed by atoms with Gasteiger partial charge in [0.1, 0.15) is 5.75 Å². The lowest BCUT2D eigenvalue weighted by Crippen LogP contribution is -2.21. The predicted molar refractivity (Wildman–Crippen MR) is 71.2 cm³/mol. The summed E-state index contributed by atoms with van der Waals surface area (Å²) in [7, 11) is 0. The van der Waals surface area contributed by atoms with Crippen LogP contribution in [0.1, 0.15) is 18.5 Å². The standard InChI is InChI=1S/C14H16N2O2/c1-9(15)11-7-6-10-4-2-3-5-12(10)14(11)18-8-13(16)17/h2-7,9H,8,15H2,1H3,(H2,16,17). The number of primary amides is 1. The van der Waals surface area contributed by atoms with Crippen LogP contribution in [0.4, 0.5) is 0 Å². The molecule has 2 rings (SSSR count). The molecule has 0 spiro atoms. The van der Waals surface area contributed by atoms with Gasteiger partial charge in [0.25, 0.3) is 5.91 Å². The minimum Gasteiger partial charge on any atom is -0.483 e. The van der Waals surface area contributed by atoms with E-state index in [1.807, 2.05) is 43.3 Å². The van der Waals surface area contributed by atoms with Gasteiger partial charge in [0.15, 0.2) is 6.61 Å². The lowest BCUT2D eigenvalue weighted by Gasteiger charge is -2.15. The van der Waals surface area contributed by atoms with Crippen LogP contribution in [0.5, 0.6) is 5.75 Å². The molecule has 4 N–H and O–H groups in total. The average molecular weight is 244 g/mol. The van der Waals surface area contributed by atoms with E-state index in [-0.39, 0.29) is 12.6 Å². The van der Waals surface area contributed by atoms with Crippen LogP contribution in [-0.2, 0) is 4.79 Å². The summed E-state index contributed by atoms with van der Waals surface area (Å²) in [6.45, 7) is 1.73. The van der Waals surface area contributed by atoms with Crippen molar-refractivity contribution in [2.75, 3.05) is 6.61 Å². The number of rotatable bonds is 4. The van der Waals surface area contributed by atoms with Gasteiger partial charge in [-0.05, 0) is 12.3 Å². The molecule has 2 aromatic rings. The summed E-state index contributed by atoms with van der Waals surface area (Å²) in [4.78, 5) is 10.9. The number of fused-ring (bicyclic) bond motifs is 1. The van der Waals surface area contributed by atoms with Crippen LogP contribution < -0.4 is 16.2 Å². The summed E-state index contributed by atoms with van der Waals surface area (Å²) >= 11 is 0. The Hall–Kier alpha value is -2.07. The molecule has 1 amide bonds. The topological polar surface area (TPSA) is 78.3 Å². The summed E-state index contributed by atoms with van der Waals surface area (Å²) in [5.41, 5.74) is 11.9. The van der Waals surface area contributed by atoms with Gasteiger partial charge < -0.3 is 16.2 Å². The summed E-state index contributed by atoms with van der Waals surface area (Å²) in [5.74, 6) is 0.139. The number of hydrogen-bond acceptors (Lipinski definition) is 3. The third kappa shape index (κ3) is 2.43. The van der Waals surface area contributed by atoms with E-state index in [1.54, 1.807) is 0 Å². The van der Waals surface area contributed by atoms with Crippen LogP contribution >= 0.6 is 0 Å². The fourth-order valence-corrected chi connectivity index (χ4v) is 1.92. The Kier molecular flexibility index (Phi) is 3.48. The monoisotopic (exact) mass is 244 g/mol. The third-order valence-corrected chi connectivity index (χ3v) is 2.76. The first kappa shape index (κ1) is 12.4. The van der Waals surface area contributed by atoms with Crippen molar-refractivity contribution in [2.24, 2.45) is 11.5 Å². The van der Waals surface area contributed by atoms with E-state index >= 15 is 0 Å². The number of amides is 1. The molecule has 1 unspecified atom stereocenters. The van der Waals surface area contributed by atoms with Crippen molar-refractivity contribution in [2.45, 2.75) is 13.0 Å². The smallest absolute Gasteiger partial charge is 0.255 e. The lowest BCUT2D eigenvalue weighted by atomic mass is 10.0. The zero-order chi connectivity index (χ0) is 13.1. The SMILES string of the molecule is CC(N)c1ccc2ccccc2c1OCC(N)=O. The van der Waals surface area contributed by atoms with E-state index in [4.69, 9.17) is 16.2 Å². The summed E-state index contributed by atoms with van der Waals surface area (Å²) < 4.78 is 5.52. The lowest BCUT2D eigenvalue weighted by molar-refractivity contribution is -0.119. The number of carbonyl (C=O) groups excluding carboxylic acids is 1. The zero-order valence-electron chi connectivity index (χ0n) is 10.2. The van der Waals surface area contributed by atoms with E-state index in [0.717, 1.165) is 16.3 Å². The van der Waals surface area contributed by atoms with Gasteiger partial charge in [-0.1, -0.05) is 36.4 Å². The van der Waals surface area contributed by atoms with Gasteiger partial charge in [-0.2, -0.15) is 0 Å². The summed E-state index contributed by atoms with van der Waals surface area (Å²) in [5, 5.41) is 1.98. The highest BCUT2D eigenvalue weighted by Crippen LogP contribution is 2.32. The van der Waals surface area contributed by atoms with Gasteiger partial charge in [0, 0.05) is 17.0 Å². The zero-order valence-corrected chi connectivity index (χ0v) is 10.2. The molecule has 0 aliphatic carbocycles. The third-order valence-electron chi connectivity index (χ3n) is 2.76. The first-order valence-corrected chi connectivity index (χ1v) is 5.78. The molecule has 2 aromatic carbocycles. The number of ether oxygens (including phenoxy) is 1. The Morgan fingerprint density at radius 2 is 2.00 bits per heavy atom. The van der Waals surface area contributed by atoms with E-state index in [1.165, 1.54) is 0 Å². The fraction of sp³-hybridized carbons (Fsp3) is 0.214. The molecule has 4 heteroatoms. The quantitative estimate of drug-likeness (QED) is 0.859. The predicted octanol–water partition coefficient (Wildman–Crippen LogP) is 1.72. The van der Waals surface area contributed by atoms with Crippen molar-refractivity contribution in [1.29, 1.82) is 0 Å². The maximum absolute atomic E-state index is 10.9. The maximum Gasteiger partial charge on any atom is 0.255 e.